The fraction of sp³-hybridized carbons (Fsp3) is 0.348. The van der Waals surface area contributed by atoms with Gasteiger partial charge in [0.05, 0.1) is 27.0 Å². The van der Waals surface area contributed by atoms with E-state index in [0.717, 1.165) is 46.6 Å². The van der Waals surface area contributed by atoms with Crippen LogP contribution in [0.4, 0.5) is 0 Å². The van der Waals surface area contributed by atoms with E-state index in [1.807, 2.05) is 30.3 Å². The second-order valence-corrected chi connectivity index (χ2v) is 8.06. The quantitative estimate of drug-likeness (QED) is 0.497. The van der Waals surface area contributed by atoms with Crippen LogP contribution in [-0.2, 0) is 13.1 Å². The van der Waals surface area contributed by atoms with Crippen molar-refractivity contribution in [2.75, 3.05) is 21.3 Å². The summed E-state index contributed by atoms with van der Waals surface area (Å²) in [6.45, 7) is 1.79. The molecule has 4 rings (SSSR count). The van der Waals surface area contributed by atoms with E-state index in [4.69, 9.17) is 19.2 Å². The van der Waals surface area contributed by atoms with Crippen molar-refractivity contribution in [1.29, 1.82) is 0 Å². The molecule has 29 heavy (non-hydrogen) atoms. The number of hydrogen-bond donors (Lipinski definition) is 0. The Balaban J connectivity index is 1.48. The third-order valence-corrected chi connectivity index (χ3v) is 6.10. The topological polar surface area (TPSA) is 43.8 Å². The smallest absolute Gasteiger partial charge is 0.161 e. The number of benzene rings is 2. The molecule has 152 valence electrons. The van der Waals surface area contributed by atoms with Gasteiger partial charge in [0.15, 0.2) is 11.5 Å². The molecule has 1 aromatic heterocycles. The highest BCUT2D eigenvalue weighted by atomic mass is 32.1. The Morgan fingerprint density at radius 2 is 1.69 bits per heavy atom. The van der Waals surface area contributed by atoms with Crippen LogP contribution in [0.5, 0.6) is 17.2 Å². The van der Waals surface area contributed by atoms with Gasteiger partial charge in [0.2, 0.25) is 0 Å². The molecule has 0 saturated heterocycles. The van der Waals surface area contributed by atoms with Crippen molar-refractivity contribution in [3.63, 3.8) is 0 Å². The van der Waals surface area contributed by atoms with Gasteiger partial charge in [0.1, 0.15) is 10.8 Å². The van der Waals surface area contributed by atoms with E-state index in [2.05, 4.69) is 22.4 Å². The molecule has 0 N–H and O–H groups in total. The monoisotopic (exact) mass is 410 g/mol. The Labute approximate surface area is 175 Å². The van der Waals surface area contributed by atoms with Crippen LogP contribution in [0, 0.1) is 0 Å². The van der Waals surface area contributed by atoms with Crippen molar-refractivity contribution in [3.8, 4) is 27.8 Å². The minimum atomic E-state index is 0.656. The first-order chi connectivity index (χ1) is 14.2. The highest BCUT2D eigenvalue weighted by Gasteiger charge is 2.29. The van der Waals surface area contributed by atoms with E-state index in [0.29, 0.717) is 6.04 Å². The predicted molar refractivity (Wildman–Crippen MR) is 116 cm³/mol. The zero-order valence-electron chi connectivity index (χ0n) is 17.1. The highest BCUT2D eigenvalue weighted by Crippen LogP contribution is 2.35. The molecule has 1 saturated carbocycles. The third-order valence-electron chi connectivity index (χ3n) is 5.16. The summed E-state index contributed by atoms with van der Waals surface area (Å²) in [5.74, 6) is 2.35. The summed E-state index contributed by atoms with van der Waals surface area (Å²) in [5, 5.41) is 3.16. The summed E-state index contributed by atoms with van der Waals surface area (Å²) in [6, 6.07) is 14.9. The van der Waals surface area contributed by atoms with Crippen LogP contribution in [0.3, 0.4) is 0 Å². The molecule has 0 aliphatic heterocycles. The Morgan fingerprint density at radius 1 is 0.931 bits per heavy atom. The van der Waals surface area contributed by atoms with Crippen molar-refractivity contribution < 1.29 is 14.2 Å². The largest absolute Gasteiger partial charge is 0.497 e. The molecule has 0 amide bonds. The molecule has 3 aromatic rings. The number of aromatic nitrogens is 1. The van der Waals surface area contributed by atoms with Gasteiger partial charge >= 0.3 is 0 Å². The summed E-state index contributed by atoms with van der Waals surface area (Å²) in [4.78, 5) is 7.41. The van der Waals surface area contributed by atoms with Gasteiger partial charge in [-0.05, 0) is 48.7 Å². The summed E-state index contributed by atoms with van der Waals surface area (Å²) < 4.78 is 16.0. The van der Waals surface area contributed by atoms with Gasteiger partial charge in [-0.3, -0.25) is 4.90 Å². The maximum absolute atomic E-state index is 5.43. The summed E-state index contributed by atoms with van der Waals surface area (Å²) in [7, 11) is 5.00. The first kappa shape index (κ1) is 19.7. The molecule has 5 nitrogen and oxygen atoms in total. The third kappa shape index (κ3) is 4.71. The fourth-order valence-corrected chi connectivity index (χ4v) is 4.22. The van der Waals surface area contributed by atoms with Crippen LogP contribution in [-0.4, -0.2) is 37.3 Å². The zero-order chi connectivity index (χ0) is 20.2. The highest BCUT2D eigenvalue weighted by molar-refractivity contribution is 7.13. The van der Waals surface area contributed by atoms with Gasteiger partial charge < -0.3 is 14.2 Å². The van der Waals surface area contributed by atoms with Gasteiger partial charge in [0.25, 0.3) is 0 Å². The molecule has 2 aromatic carbocycles. The first-order valence-electron chi connectivity index (χ1n) is 9.74. The maximum atomic E-state index is 5.43. The molecule has 0 radical (unpaired) electrons. The second-order valence-electron chi connectivity index (χ2n) is 7.20. The van der Waals surface area contributed by atoms with Gasteiger partial charge in [-0.1, -0.05) is 12.1 Å². The molecule has 1 fully saturated rings. The van der Waals surface area contributed by atoms with Crippen LogP contribution >= 0.6 is 11.3 Å². The van der Waals surface area contributed by atoms with Crippen molar-refractivity contribution in [1.82, 2.24) is 9.88 Å². The molecule has 1 aliphatic rings. The zero-order valence-corrected chi connectivity index (χ0v) is 17.9. The van der Waals surface area contributed by atoms with Crippen molar-refractivity contribution in [2.24, 2.45) is 0 Å². The Hall–Kier alpha value is -2.57. The standard InChI is InChI=1S/C23H26N2O3S/c1-26-20-9-4-16(5-10-20)13-25(19-7-8-19)14-18-15-29-23(24-18)17-6-11-21(27-2)22(12-17)28-3/h4-6,9-12,15,19H,7-8,13-14H2,1-3H3. The van der Waals surface area contributed by atoms with Crippen LogP contribution < -0.4 is 14.2 Å². The number of methoxy groups -OCH3 is 3. The molecule has 1 aliphatic carbocycles. The Morgan fingerprint density at radius 3 is 2.34 bits per heavy atom. The summed E-state index contributed by atoms with van der Waals surface area (Å²) in [6.07, 6.45) is 2.53. The summed E-state index contributed by atoms with van der Waals surface area (Å²) in [5.41, 5.74) is 3.46. The van der Waals surface area contributed by atoms with Gasteiger partial charge in [-0.2, -0.15) is 0 Å². The average molecular weight is 411 g/mol. The van der Waals surface area contributed by atoms with Gasteiger partial charge in [-0.15, -0.1) is 11.3 Å². The van der Waals surface area contributed by atoms with Crippen molar-refractivity contribution >= 4 is 11.3 Å². The van der Waals surface area contributed by atoms with E-state index in [9.17, 15) is 0 Å². The minimum absolute atomic E-state index is 0.656. The second kappa shape index (κ2) is 8.84. The number of ether oxygens (including phenoxy) is 3. The van der Waals surface area contributed by atoms with E-state index in [-0.39, 0.29) is 0 Å². The van der Waals surface area contributed by atoms with Crippen LogP contribution in [0.1, 0.15) is 24.1 Å². The lowest BCUT2D eigenvalue weighted by Gasteiger charge is -2.21. The molecule has 0 atom stereocenters. The average Bonchev–Trinajstić information content (AvgIpc) is 3.52. The number of thiazole rings is 1. The predicted octanol–water partition coefficient (Wildman–Crippen LogP) is 5.00. The first-order valence-corrected chi connectivity index (χ1v) is 10.6. The number of rotatable bonds is 9. The number of nitrogens with zero attached hydrogens (tertiary/aromatic N) is 2. The van der Waals surface area contributed by atoms with E-state index >= 15 is 0 Å². The molecular weight excluding hydrogens is 384 g/mol. The van der Waals surface area contributed by atoms with Gasteiger partial charge in [0, 0.05) is 30.1 Å². The molecule has 0 bridgehead atoms. The van der Waals surface area contributed by atoms with Crippen molar-refractivity contribution in [2.45, 2.75) is 32.0 Å². The maximum Gasteiger partial charge on any atom is 0.161 e. The molecule has 6 heteroatoms. The van der Waals surface area contributed by atoms with Gasteiger partial charge in [-0.25, -0.2) is 4.98 Å². The Bertz CT molecular complexity index is 951. The molecular formula is C23H26N2O3S. The van der Waals surface area contributed by atoms with Crippen molar-refractivity contribution in [3.05, 3.63) is 59.1 Å². The lowest BCUT2D eigenvalue weighted by Crippen LogP contribution is -2.25. The SMILES string of the molecule is COc1ccc(CN(Cc2csc(-c3ccc(OC)c(OC)c3)n2)C2CC2)cc1. The molecule has 0 unspecified atom stereocenters. The summed E-state index contributed by atoms with van der Waals surface area (Å²) >= 11 is 1.67. The lowest BCUT2D eigenvalue weighted by atomic mass is 10.2. The Kier molecular flexibility index (Phi) is 6.02. The van der Waals surface area contributed by atoms with E-state index < -0.39 is 0 Å². The fourth-order valence-electron chi connectivity index (χ4n) is 3.41. The lowest BCUT2D eigenvalue weighted by molar-refractivity contribution is 0.243. The van der Waals surface area contributed by atoms with Crippen LogP contribution in [0.25, 0.3) is 10.6 Å². The minimum Gasteiger partial charge on any atom is -0.497 e. The van der Waals surface area contributed by atoms with Crippen LogP contribution in [0.15, 0.2) is 47.8 Å². The van der Waals surface area contributed by atoms with Crippen LogP contribution in [0.2, 0.25) is 0 Å². The molecule has 0 spiro atoms. The molecule has 1 heterocycles. The normalized spacial score (nSPS) is 13.5. The number of hydrogen-bond acceptors (Lipinski definition) is 6. The van der Waals surface area contributed by atoms with E-state index in [1.165, 1.54) is 18.4 Å². The van der Waals surface area contributed by atoms with E-state index in [1.54, 1.807) is 32.7 Å².